The average Bonchev–Trinajstić information content (AvgIpc) is 3.12. The van der Waals surface area contributed by atoms with Crippen molar-refractivity contribution in [2.75, 3.05) is 0 Å². The first kappa shape index (κ1) is 15.6. The Hall–Kier alpha value is -2.28. The van der Waals surface area contributed by atoms with Crippen LogP contribution in [-0.2, 0) is 19.5 Å². The summed E-state index contributed by atoms with van der Waals surface area (Å²) in [5.74, 6) is 1.57. The summed E-state index contributed by atoms with van der Waals surface area (Å²) in [6, 6.07) is 6.01. The summed E-state index contributed by atoms with van der Waals surface area (Å²) in [5.41, 5.74) is 1.38. The molecule has 0 unspecified atom stereocenters. The number of thiophene rings is 1. The third-order valence-corrected chi connectivity index (χ3v) is 4.53. The molecular weight excluding hydrogens is 310 g/mol. The summed E-state index contributed by atoms with van der Waals surface area (Å²) in [5, 5.41) is 6.60. The Kier molecular flexibility index (Phi) is 4.38. The van der Waals surface area contributed by atoms with E-state index in [0.29, 0.717) is 6.54 Å². The van der Waals surface area contributed by atoms with E-state index in [1.165, 1.54) is 4.88 Å². The Balaban J connectivity index is 1.91. The molecule has 3 aromatic heterocycles. The number of hydrogen-bond donors (Lipinski definition) is 0. The lowest BCUT2D eigenvalue weighted by Gasteiger charge is -2.09. The highest BCUT2D eigenvalue weighted by Crippen LogP contribution is 2.13. The highest BCUT2D eigenvalue weighted by atomic mass is 32.1. The Morgan fingerprint density at radius 2 is 2.09 bits per heavy atom. The van der Waals surface area contributed by atoms with Gasteiger partial charge in [-0.25, -0.2) is 14.5 Å². The monoisotopic (exact) mass is 329 g/mol. The summed E-state index contributed by atoms with van der Waals surface area (Å²) in [6.07, 6.45) is 0.720. The van der Waals surface area contributed by atoms with Gasteiger partial charge < -0.3 is 0 Å². The van der Waals surface area contributed by atoms with Crippen molar-refractivity contribution in [1.82, 2.24) is 24.3 Å². The maximum Gasteiger partial charge on any atom is 0.348 e. The molecule has 3 rings (SSSR count). The summed E-state index contributed by atoms with van der Waals surface area (Å²) in [4.78, 5) is 22.0. The molecule has 0 saturated heterocycles. The van der Waals surface area contributed by atoms with E-state index in [0.717, 1.165) is 36.0 Å². The van der Waals surface area contributed by atoms with Crippen LogP contribution in [0.4, 0.5) is 0 Å². The SMILES string of the molecule is CCn1nc(Cc2cccs2)nc1Cn1c(C)cc(C)nc1=O. The van der Waals surface area contributed by atoms with Gasteiger partial charge in [0.25, 0.3) is 0 Å². The van der Waals surface area contributed by atoms with Crippen LogP contribution >= 0.6 is 11.3 Å². The maximum atomic E-state index is 12.1. The van der Waals surface area contributed by atoms with Crippen molar-refractivity contribution < 1.29 is 0 Å². The fourth-order valence-electron chi connectivity index (χ4n) is 2.55. The minimum absolute atomic E-state index is 0.243. The van der Waals surface area contributed by atoms with Gasteiger partial charge in [-0.3, -0.25) is 4.57 Å². The highest BCUT2D eigenvalue weighted by molar-refractivity contribution is 7.09. The van der Waals surface area contributed by atoms with E-state index in [-0.39, 0.29) is 5.69 Å². The van der Waals surface area contributed by atoms with Gasteiger partial charge in [0, 0.05) is 29.2 Å². The van der Waals surface area contributed by atoms with Crippen LogP contribution in [0.2, 0.25) is 0 Å². The minimum Gasteiger partial charge on any atom is -0.289 e. The smallest absolute Gasteiger partial charge is 0.289 e. The molecule has 0 aliphatic heterocycles. The predicted molar refractivity (Wildman–Crippen MR) is 89.9 cm³/mol. The summed E-state index contributed by atoms with van der Waals surface area (Å²) >= 11 is 1.70. The first-order chi connectivity index (χ1) is 11.1. The highest BCUT2D eigenvalue weighted by Gasteiger charge is 2.13. The van der Waals surface area contributed by atoms with E-state index in [9.17, 15) is 4.79 Å². The van der Waals surface area contributed by atoms with Crippen molar-refractivity contribution in [2.45, 2.75) is 40.3 Å². The molecule has 0 aliphatic carbocycles. The van der Waals surface area contributed by atoms with Crippen LogP contribution in [0.1, 0.15) is 34.8 Å². The van der Waals surface area contributed by atoms with E-state index in [1.807, 2.05) is 43.0 Å². The molecule has 23 heavy (non-hydrogen) atoms. The number of aryl methyl sites for hydroxylation is 3. The van der Waals surface area contributed by atoms with E-state index < -0.39 is 0 Å². The third-order valence-electron chi connectivity index (χ3n) is 3.65. The molecule has 0 spiro atoms. The van der Waals surface area contributed by atoms with Crippen LogP contribution in [0.15, 0.2) is 28.4 Å². The van der Waals surface area contributed by atoms with Crippen molar-refractivity contribution in [3.8, 4) is 0 Å². The quantitative estimate of drug-likeness (QED) is 0.719. The Labute approximate surface area is 138 Å². The standard InChI is InChI=1S/C16H19N5OS/c1-4-21-15(10-20-12(3)8-11(2)17-16(20)22)18-14(19-21)9-13-6-5-7-23-13/h5-8H,4,9-10H2,1-3H3. The van der Waals surface area contributed by atoms with Gasteiger partial charge in [0.15, 0.2) is 5.82 Å². The van der Waals surface area contributed by atoms with Gasteiger partial charge in [-0.15, -0.1) is 11.3 Å². The van der Waals surface area contributed by atoms with Gasteiger partial charge >= 0.3 is 5.69 Å². The first-order valence-corrected chi connectivity index (χ1v) is 8.45. The van der Waals surface area contributed by atoms with Crippen LogP contribution in [0.5, 0.6) is 0 Å². The zero-order valence-electron chi connectivity index (χ0n) is 13.5. The number of hydrogen-bond acceptors (Lipinski definition) is 5. The second-order valence-electron chi connectivity index (χ2n) is 5.42. The van der Waals surface area contributed by atoms with Crippen LogP contribution < -0.4 is 5.69 Å². The van der Waals surface area contributed by atoms with Crippen molar-refractivity contribution >= 4 is 11.3 Å². The zero-order chi connectivity index (χ0) is 16.4. The van der Waals surface area contributed by atoms with Gasteiger partial charge in [-0.2, -0.15) is 10.1 Å². The second kappa shape index (κ2) is 6.45. The maximum absolute atomic E-state index is 12.1. The molecule has 0 aromatic carbocycles. The number of aromatic nitrogens is 5. The normalized spacial score (nSPS) is 11.1. The topological polar surface area (TPSA) is 65.6 Å². The van der Waals surface area contributed by atoms with E-state index in [4.69, 9.17) is 0 Å². The van der Waals surface area contributed by atoms with Crippen molar-refractivity contribution in [2.24, 2.45) is 0 Å². The molecule has 0 fully saturated rings. The summed E-state index contributed by atoms with van der Waals surface area (Å²) in [6.45, 7) is 6.88. The van der Waals surface area contributed by atoms with E-state index in [1.54, 1.807) is 15.9 Å². The fraction of sp³-hybridized carbons (Fsp3) is 0.375. The van der Waals surface area contributed by atoms with Gasteiger partial charge in [0.2, 0.25) is 0 Å². The molecular formula is C16H19N5OS. The lowest BCUT2D eigenvalue weighted by Crippen LogP contribution is -2.27. The van der Waals surface area contributed by atoms with Gasteiger partial charge in [0.1, 0.15) is 5.82 Å². The van der Waals surface area contributed by atoms with Crippen molar-refractivity contribution in [1.29, 1.82) is 0 Å². The predicted octanol–water partition coefficient (Wildman–Crippen LogP) is 2.17. The minimum atomic E-state index is -0.243. The summed E-state index contributed by atoms with van der Waals surface area (Å²) < 4.78 is 3.49. The van der Waals surface area contributed by atoms with Crippen LogP contribution in [-0.4, -0.2) is 24.3 Å². The third kappa shape index (κ3) is 3.39. The fourth-order valence-corrected chi connectivity index (χ4v) is 3.25. The molecule has 0 N–H and O–H groups in total. The summed E-state index contributed by atoms with van der Waals surface area (Å²) in [7, 11) is 0. The van der Waals surface area contributed by atoms with E-state index in [2.05, 4.69) is 21.1 Å². The van der Waals surface area contributed by atoms with Crippen molar-refractivity contribution in [3.63, 3.8) is 0 Å². The Morgan fingerprint density at radius 3 is 2.74 bits per heavy atom. The lowest BCUT2D eigenvalue weighted by molar-refractivity contribution is 0.572. The van der Waals surface area contributed by atoms with Gasteiger partial charge in [0.05, 0.1) is 6.54 Å². The largest absolute Gasteiger partial charge is 0.348 e. The molecule has 0 saturated carbocycles. The van der Waals surface area contributed by atoms with Crippen LogP contribution in [0, 0.1) is 13.8 Å². The van der Waals surface area contributed by atoms with Crippen LogP contribution in [0.3, 0.4) is 0 Å². The molecule has 7 heteroatoms. The molecule has 0 amide bonds. The molecule has 0 radical (unpaired) electrons. The Bertz CT molecular complexity index is 863. The molecule has 0 bridgehead atoms. The molecule has 0 atom stereocenters. The van der Waals surface area contributed by atoms with Crippen molar-refractivity contribution in [3.05, 3.63) is 62.0 Å². The lowest BCUT2D eigenvalue weighted by atomic mass is 10.3. The first-order valence-electron chi connectivity index (χ1n) is 7.57. The Morgan fingerprint density at radius 1 is 1.26 bits per heavy atom. The van der Waals surface area contributed by atoms with Gasteiger partial charge in [-0.1, -0.05) is 6.07 Å². The molecule has 120 valence electrons. The number of nitrogens with zero attached hydrogens (tertiary/aromatic N) is 5. The zero-order valence-corrected chi connectivity index (χ0v) is 14.3. The molecule has 0 aliphatic rings. The average molecular weight is 329 g/mol. The molecule has 3 heterocycles. The number of rotatable bonds is 5. The molecule has 6 nitrogen and oxygen atoms in total. The van der Waals surface area contributed by atoms with Gasteiger partial charge in [-0.05, 0) is 38.3 Å². The second-order valence-corrected chi connectivity index (χ2v) is 6.46. The molecule has 3 aromatic rings. The van der Waals surface area contributed by atoms with E-state index >= 15 is 0 Å². The van der Waals surface area contributed by atoms with Crippen LogP contribution in [0.25, 0.3) is 0 Å².